The van der Waals surface area contributed by atoms with E-state index in [0.29, 0.717) is 5.92 Å². The standard InChI is InChI=1S/C13H17NOS/c1-9(2)12-14-10(8-15-12)11-7-13(3,4)5-6-16-11/h5-9H,1-4H3. The summed E-state index contributed by atoms with van der Waals surface area (Å²) in [6.45, 7) is 8.54. The largest absolute Gasteiger partial charge is 0.448 e. The molecular formula is C13H17NOS. The summed E-state index contributed by atoms with van der Waals surface area (Å²) >= 11 is 1.70. The van der Waals surface area contributed by atoms with E-state index in [4.69, 9.17) is 4.42 Å². The maximum absolute atomic E-state index is 5.46. The Balaban J connectivity index is 2.28. The van der Waals surface area contributed by atoms with Crippen molar-refractivity contribution in [1.29, 1.82) is 0 Å². The van der Waals surface area contributed by atoms with E-state index in [2.05, 4.69) is 50.2 Å². The lowest BCUT2D eigenvalue weighted by Gasteiger charge is -2.20. The topological polar surface area (TPSA) is 26.0 Å². The Morgan fingerprint density at radius 3 is 2.69 bits per heavy atom. The molecule has 1 aromatic heterocycles. The van der Waals surface area contributed by atoms with Crippen LogP contribution in [-0.2, 0) is 0 Å². The van der Waals surface area contributed by atoms with Gasteiger partial charge in [0.25, 0.3) is 0 Å². The van der Waals surface area contributed by atoms with E-state index in [1.807, 2.05) is 0 Å². The number of rotatable bonds is 2. The first-order chi connectivity index (χ1) is 7.48. The van der Waals surface area contributed by atoms with E-state index in [0.717, 1.165) is 11.6 Å². The van der Waals surface area contributed by atoms with Crippen molar-refractivity contribution < 1.29 is 4.42 Å². The Kier molecular flexibility index (Phi) is 2.98. The number of nitrogens with zero attached hydrogens (tertiary/aromatic N) is 1. The van der Waals surface area contributed by atoms with Crippen molar-refractivity contribution in [3.8, 4) is 0 Å². The van der Waals surface area contributed by atoms with Gasteiger partial charge in [-0.2, -0.15) is 0 Å². The first-order valence-electron chi connectivity index (χ1n) is 5.51. The number of thioether (sulfide) groups is 1. The second-order valence-corrected chi connectivity index (χ2v) is 5.92. The zero-order chi connectivity index (χ0) is 11.8. The average molecular weight is 235 g/mol. The molecule has 0 fully saturated rings. The molecule has 0 unspecified atom stereocenters. The predicted molar refractivity (Wildman–Crippen MR) is 69.1 cm³/mol. The molecule has 0 bridgehead atoms. The number of allylic oxidation sites excluding steroid dienone is 2. The second-order valence-electron chi connectivity index (χ2n) is 4.98. The summed E-state index contributed by atoms with van der Waals surface area (Å²) in [6.07, 6.45) is 6.19. The minimum atomic E-state index is 0.109. The van der Waals surface area contributed by atoms with Gasteiger partial charge in [-0.15, -0.1) is 0 Å². The van der Waals surface area contributed by atoms with Crippen LogP contribution >= 0.6 is 11.8 Å². The fraction of sp³-hybridized carbons (Fsp3) is 0.462. The maximum Gasteiger partial charge on any atom is 0.197 e. The van der Waals surface area contributed by atoms with Gasteiger partial charge < -0.3 is 4.42 Å². The lowest BCUT2D eigenvalue weighted by atomic mass is 9.93. The molecule has 86 valence electrons. The van der Waals surface area contributed by atoms with Gasteiger partial charge in [0.2, 0.25) is 0 Å². The maximum atomic E-state index is 5.46. The molecule has 3 heteroatoms. The summed E-state index contributed by atoms with van der Waals surface area (Å²) in [5.41, 5.74) is 1.06. The van der Waals surface area contributed by atoms with Gasteiger partial charge in [0.15, 0.2) is 5.89 Å². The fourth-order valence-electron chi connectivity index (χ4n) is 1.50. The third-order valence-electron chi connectivity index (χ3n) is 2.46. The van der Waals surface area contributed by atoms with Gasteiger partial charge in [0.1, 0.15) is 12.0 Å². The third-order valence-corrected chi connectivity index (χ3v) is 3.32. The fourth-order valence-corrected chi connectivity index (χ4v) is 2.65. The first kappa shape index (κ1) is 11.5. The molecule has 0 aromatic carbocycles. The van der Waals surface area contributed by atoms with Gasteiger partial charge in [-0.25, -0.2) is 4.98 Å². The van der Waals surface area contributed by atoms with E-state index in [-0.39, 0.29) is 5.41 Å². The minimum absolute atomic E-state index is 0.109. The molecular weight excluding hydrogens is 218 g/mol. The second kappa shape index (κ2) is 4.13. The van der Waals surface area contributed by atoms with Gasteiger partial charge in [-0.1, -0.05) is 51.6 Å². The summed E-state index contributed by atoms with van der Waals surface area (Å²) < 4.78 is 5.46. The van der Waals surface area contributed by atoms with E-state index >= 15 is 0 Å². The Labute approximate surface area is 101 Å². The molecule has 0 atom stereocenters. The van der Waals surface area contributed by atoms with Gasteiger partial charge in [0, 0.05) is 16.2 Å². The van der Waals surface area contributed by atoms with Crippen LogP contribution in [0.2, 0.25) is 0 Å². The Hall–Kier alpha value is -0.960. The van der Waals surface area contributed by atoms with Crippen LogP contribution in [0.5, 0.6) is 0 Å². The van der Waals surface area contributed by atoms with Crippen LogP contribution in [0.15, 0.2) is 28.2 Å². The van der Waals surface area contributed by atoms with Crippen molar-refractivity contribution in [2.75, 3.05) is 0 Å². The van der Waals surface area contributed by atoms with E-state index < -0.39 is 0 Å². The van der Waals surface area contributed by atoms with Gasteiger partial charge in [-0.3, -0.25) is 0 Å². The van der Waals surface area contributed by atoms with Gasteiger partial charge in [0.05, 0.1) is 0 Å². The smallest absolute Gasteiger partial charge is 0.197 e. The highest BCUT2D eigenvalue weighted by atomic mass is 32.2. The predicted octanol–water partition coefficient (Wildman–Crippen LogP) is 4.43. The number of hydrogen-bond donors (Lipinski definition) is 0. The summed E-state index contributed by atoms with van der Waals surface area (Å²) in [5, 5.41) is 2.12. The van der Waals surface area contributed by atoms with Crippen LogP contribution in [0.3, 0.4) is 0 Å². The van der Waals surface area contributed by atoms with Crippen LogP contribution in [0, 0.1) is 5.41 Å². The molecule has 0 saturated carbocycles. The highest BCUT2D eigenvalue weighted by Gasteiger charge is 2.19. The summed E-state index contributed by atoms with van der Waals surface area (Å²) in [6, 6.07) is 0. The Bertz CT molecular complexity index is 441. The van der Waals surface area contributed by atoms with Crippen molar-refractivity contribution in [2.24, 2.45) is 5.41 Å². The quantitative estimate of drug-likeness (QED) is 0.758. The highest BCUT2D eigenvalue weighted by Crippen LogP contribution is 2.38. The van der Waals surface area contributed by atoms with E-state index in [9.17, 15) is 0 Å². The molecule has 0 saturated heterocycles. The van der Waals surface area contributed by atoms with Crippen LogP contribution in [-0.4, -0.2) is 4.98 Å². The summed E-state index contributed by atoms with van der Waals surface area (Å²) in [5.74, 6) is 1.15. The first-order valence-corrected chi connectivity index (χ1v) is 6.39. The number of hydrogen-bond acceptors (Lipinski definition) is 3. The molecule has 16 heavy (non-hydrogen) atoms. The Morgan fingerprint density at radius 2 is 2.12 bits per heavy atom. The van der Waals surface area contributed by atoms with Crippen molar-refractivity contribution in [3.05, 3.63) is 35.4 Å². The lowest BCUT2D eigenvalue weighted by molar-refractivity contribution is 0.471. The van der Waals surface area contributed by atoms with Crippen LogP contribution in [0.4, 0.5) is 0 Å². The SMILES string of the molecule is CC(C)c1nc(C2=CC(C)(C)C=CS2)co1. The van der Waals surface area contributed by atoms with Crippen molar-refractivity contribution in [2.45, 2.75) is 33.6 Å². The van der Waals surface area contributed by atoms with E-state index in [1.165, 1.54) is 4.91 Å². The highest BCUT2D eigenvalue weighted by molar-refractivity contribution is 8.11. The summed E-state index contributed by atoms with van der Waals surface area (Å²) in [4.78, 5) is 5.69. The lowest BCUT2D eigenvalue weighted by Crippen LogP contribution is -2.05. The van der Waals surface area contributed by atoms with Gasteiger partial charge in [-0.05, 0) is 5.41 Å². The molecule has 1 aliphatic rings. The average Bonchev–Trinajstić information content (AvgIpc) is 2.64. The molecule has 0 amide bonds. The molecule has 0 radical (unpaired) electrons. The molecule has 2 nitrogen and oxygen atoms in total. The van der Waals surface area contributed by atoms with Crippen LogP contribution in [0.1, 0.15) is 45.2 Å². The molecule has 0 spiro atoms. The van der Waals surface area contributed by atoms with E-state index in [1.54, 1.807) is 18.0 Å². The van der Waals surface area contributed by atoms with Crippen LogP contribution < -0.4 is 0 Å². The monoisotopic (exact) mass is 235 g/mol. The molecule has 2 rings (SSSR count). The zero-order valence-electron chi connectivity index (χ0n) is 10.2. The number of oxazole rings is 1. The molecule has 1 aromatic rings. The third kappa shape index (κ3) is 2.40. The van der Waals surface area contributed by atoms with Gasteiger partial charge >= 0.3 is 0 Å². The number of aromatic nitrogens is 1. The van der Waals surface area contributed by atoms with Crippen molar-refractivity contribution >= 4 is 16.7 Å². The van der Waals surface area contributed by atoms with Crippen molar-refractivity contribution in [1.82, 2.24) is 4.98 Å². The molecule has 2 heterocycles. The minimum Gasteiger partial charge on any atom is -0.448 e. The molecule has 0 aliphatic carbocycles. The normalized spacial score (nSPS) is 18.9. The Morgan fingerprint density at radius 1 is 1.38 bits per heavy atom. The zero-order valence-corrected chi connectivity index (χ0v) is 11.0. The summed E-state index contributed by atoms with van der Waals surface area (Å²) in [7, 11) is 0. The van der Waals surface area contributed by atoms with Crippen molar-refractivity contribution in [3.63, 3.8) is 0 Å². The molecule has 1 aliphatic heterocycles. The molecule has 0 N–H and O–H groups in total. The van der Waals surface area contributed by atoms with Crippen LogP contribution in [0.25, 0.3) is 4.91 Å².